The lowest BCUT2D eigenvalue weighted by atomic mass is 9.87. The summed E-state index contributed by atoms with van der Waals surface area (Å²) in [5.74, 6) is -0.403. The highest BCUT2D eigenvalue weighted by atomic mass is 32.2. The van der Waals surface area contributed by atoms with E-state index in [9.17, 15) is 17.8 Å². The van der Waals surface area contributed by atoms with Gasteiger partial charge < -0.3 is 4.74 Å². The van der Waals surface area contributed by atoms with E-state index in [1.54, 1.807) is 20.8 Å². The van der Waals surface area contributed by atoms with E-state index >= 15 is 0 Å². The third-order valence-corrected chi connectivity index (χ3v) is 4.39. The molecule has 1 N–H and O–H groups in total. The second-order valence-corrected chi connectivity index (χ2v) is 7.90. The molecule has 0 heterocycles. The highest BCUT2D eigenvalue weighted by molar-refractivity contribution is 7.86. The quantitative estimate of drug-likeness (QED) is 0.636. The topological polar surface area (TPSA) is 80.7 Å². The van der Waals surface area contributed by atoms with Crippen molar-refractivity contribution in [1.82, 2.24) is 0 Å². The van der Waals surface area contributed by atoms with Gasteiger partial charge in [-0.15, -0.1) is 0 Å². The predicted octanol–water partition coefficient (Wildman–Crippen LogP) is 2.76. The first-order valence-electron chi connectivity index (χ1n) is 6.78. The molecule has 0 aromatic heterocycles. The van der Waals surface area contributed by atoms with Crippen LogP contribution in [0.1, 0.15) is 59.3 Å². The Labute approximate surface area is 115 Å². The Morgan fingerprint density at radius 3 is 2.21 bits per heavy atom. The second-order valence-electron chi connectivity index (χ2n) is 6.34. The number of hydrogen-bond donors (Lipinski definition) is 1. The molecule has 1 aliphatic carbocycles. The summed E-state index contributed by atoms with van der Waals surface area (Å²) in [6, 6.07) is 0. The number of carbonyl (C=O) groups excluding carboxylic acids is 1. The maximum atomic E-state index is 11.8. The molecular formula is C13H24O5S. The summed E-state index contributed by atoms with van der Waals surface area (Å²) in [7, 11) is -4.36. The third kappa shape index (κ3) is 5.48. The van der Waals surface area contributed by atoms with Crippen molar-refractivity contribution in [1.29, 1.82) is 0 Å². The number of carbonyl (C=O) groups is 1. The van der Waals surface area contributed by atoms with Gasteiger partial charge in [-0.1, -0.05) is 32.1 Å². The lowest BCUT2D eigenvalue weighted by Gasteiger charge is -2.26. The molecule has 0 spiro atoms. The highest BCUT2D eigenvalue weighted by Gasteiger charge is 2.34. The van der Waals surface area contributed by atoms with Crippen molar-refractivity contribution in [2.45, 2.75) is 64.7 Å². The average molecular weight is 292 g/mol. The first kappa shape index (κ1) is 16.4. The summed E-state index contributed by atoms with van der Waals surface area (Å²) in [5.41, 5.74) is -2.21. The van der Waals surface area contributed by atoms with Gasteiger partial charge in [0, 0.05) is 6.42 Å². The molecule has 1 rings (SSSR count). The van der Waals surface area contributed by atoms with Crippen molar-refractivity contribution in [3.63, 3.8) is 0 Å². The molecule has 0 amide bonds. The molecule has 5 nitrogen and oxygen atoms in total. The van der Waals surface area contributed by atoms with E-state index in [0.29, 0.717) is 0 Å². The SMILES string of the molecule is CC(C)(C)C(=O)OC(CC1CCCCC1)S(=O)(=O)O. The lowest BCUT2D eigenvalue weighted by Crippen LogP contribution is -2.34. The molecule has 0 bridgehead atoms. The van der Waals surface area contributed by atoms with Gasteiger partial charge in [0.05, 0.1) is 5.41 Å². The Bertz CT molecular complexity index is 401. The highest BCUT2D eigenvalue weighted by Crippen LogP contribution is 2.30. The summed E-state index contributed by atoms with van der Waals surface area (Å²) in [4.78, 5) is 11.8. The Morgan fingerprint density at radius 2 is 1.79 bits per heavy atom. The van der Waals surface area contributed by atoms with Crippen LogP contribution in [-0.4, -0.2) is 24.4 Å². The molecule has 1 aliphatic rings. The second kappa shape index (κ2) is 6.22. The standard InChI is InChI=1S/C13H24O5S/c1-13(2,3)12(14)18-11(19(15,16)17)9-10-7-5-4-6-8-10/h10-11H,4-9H2,1-3H3,(H,15,16,17). The maximum Gasteiger partial charge on any atom is 0.312 e. The fraction of sp³-hybridized carbons (Fsp3) is 0.923. The van der Waals surface area contributed by atoms with Crippen LogP contribution in [0.2, 0.25) is 0 Å². The molecule has 6 heteroatoms. The molecule has 0 aromatic rings. The van der Waals surface area contributed by atoms with Crippen molar-refractivity contribution < 1.29 is 22.5 Å². The zero-order valence-electron chi connectivity index (χ0n) is 11.9. The molecule has 1 unspecified atom stereocenters. The van der Waals surface area contributed by atoms with Crippen molar-refractivity contribution in [3.05, 3.63) is 0 Å². The van der Waals surface area contributed by atoms with E-state index in [0.717, 1.165) is 32.1 Å². The zero-order valence-corrected chi connectivity index (χ0v) is 12.7. The monoisotopic (exact) mass is 292 g/mol. The van der Waals surface area contributed by atoms with Gasteiger partial charge in [0.1, 0.15) is 0 Å². The fourth-order valence-electron chi connectivity index (χ4n) is 2.22. The van der Waals surface area contributed by atoms with Crippen LogP contribution in [0.5, 0.6) is 0 Å². The third-order valence-electron chi connectivity index (χ3n) is 3.43. The Balaban J connectivity index is 2.70. The minimum absolute atomic E-state index is 0.195. The molecule has 1 fully saturated rings. The molecular weight excluding hydrogens is 268 g/mol. The zero-order chi connectivity index (χ0) is 14.7. The molecule has 0 aromatic carbocycles. The van der Waals surface area contributed by atoms with Crippen molar-refractivity contribution in [2.24, 2.45) is 11.3 Å². The van der Waals surface area contributed by atoms with Crippen LogP contribution in [0.3, 0.4) is 0 Å². The summed E-state index contributed by atoms with van der Waals surface area (Å²) >= 11 is 0. The van der Waals surface area contributed by atoms with Crippen LogP contribution in [0.4, 0.5) is 0 Å². The van der Waals surface area contributed by atoms with Crippen LogP contribution < -0.4 is 0 Å². The number of hydrogen-bond acceptors (Lipinski definition) is 4. The van der Waals surface area contributed by atoms with Crippen LogP contribution in [0, 0.1) is 11.3 Å². The van der Waals surface area contributed by atoms with Crippen LogP contribution in [-0.2, 0) is 19.6 Å². The van der Waals surface area contributed by atoms with Crippen molar-refractivity contribution in [2.75, 3.05) is 0 Å². The molecule has 112 valence electrons. The van der Waals surface area contributed by atoms with Gasteiger partial charge in [-0.25, -0.2) is 0 Å². The fourth-order valence-corrected chi connectivity index (χ4v) is 2.95. The normalized spacial score (nSPS) is 20.0. The minimum Gasteiger partial charge on any atom is -0.443 e. The minimum atomic E-state index is -4.36. The van der Waals surface area contributed by atoms with Crippen molar-refractivity contribution in [3.8, 4) is 0 Å². The lowest BCUT2D eigenvalue weighted by molar-refractivity contribution is -0.155. The van der Waals surface area contributed by atoms with E-state index in [-0.39, 0.29) is 12.3 Å². The Kier molecular flexibility index (Phi) is 5.38. The van der Waals surface area contributed by atoms with Crippen LogP contribution in [0.25, 0.3) is 0 Å². The molecule has 1 atom stereocenters. The Hall–Kier alpha value is -0.620. The smallest absolute Gasteiger partial charge is 0.312 e. The van der Waals surface area contributed by atoms with Crippen LogP contribution in [0.15, 0.2) is 0 Å². The molecule has 1 saturated carbocycles. The molecule has 0 saturated heterocycles. The van der Waals surface area contributed by atoms with Gasteiger partial charge in [-0.2, -0.15) is 8.42 Å². The summed E-state index contributed by atoms with van der Waals surface area (Å²) in [5, 5.41) is 0. The first-order chi connectivity index (χ1) is 8.60. The van der Waals surface area contributed by atoms with Gasteiger partial charge in [0.15, 0.2) is 0 Å². The Morgan fingerprint density at radius 1 is 1.26 bits per heavy atom. The number of ether oxygens (including phenoxy) is 1. The maximum absolute atomic E-state index is 11.8. The van der Waals surface area contributed by atoms with E-state index in [4.69, 9.17) is 4.74 Å². The summed E-state index contributed by atoms with van der Waals surface area (Å²) in [6.07, 6.45) is 5.35. The first-order valence-corrected chi connectivity index (χ1v) is 8.28. The van der Waals surface area contributed by atoms with Gasteiger partial charge in [0.2, 0.25) is 5.44 Å². The molecule has 0 aliphatic heterocycles. The molecule has 0 radical (unpaired) electrons. The van der Waals surface area contributed by atoms with Gasteiger partial charge >= 0.3 is 16.1 Å². The van der Waals surface area contributed by atoms with E-state index < -0.39 is 26.9 Å². The molecule has 19 heavy (non-hydrogen) atoms. The average Bonchev–Trinajstić information content (AvgIpc) is 2.27. The summed E-state index contributed by atoms with van der Waals surface area (Å²) in [6.45, 7) is 4.95. The van der Waals surface area contributed by atoms with E-state index in [1.165, 1.54) is 0 Å². The number of rotatable bonds is 4. The number of esters is 1. The predicted molar refractivity (Wildman–Crippen MR) is 72.1 cm³/mol. The summed E-state index contributed by atoms with van der Waals surface area (Å²) < 4.78 is 36.9. The van der Waals surface area contributed by atoms with Gasteiger partial charge in [0.25, 0.3) is 0 Å². The van der Waals surface area contributed by atoms with Crippen molar-refractivity contribution >= 4 is 16.1 Å². The van der Waals surface area contributed by atoms with Crippen LogP contribution >= 0.6 is 0 Å². The largest absolute Gasteiger partial charge is 0.443 e. The van der Waals surface area contributed by atoms with E-state index in [1.807, 2.05) is 0 Å². The van der Waals surface area contributed by atoms with Gasteiger partial charge in [-0.3, -0.25) is 9.35 Å². The van der Waals surface area contributed by atoms with Gasteiger partial charge in [-0.05, 0) is 26.7 Å². The van der Waals surface area contributed by atoms with E-state index in [2.05, 4.69) is 0 Å².